The van der Waals surface area contributed by atoms with Gasteiger partial charge in [-0.1, -0.05) is 13.0 Å². The molecule has 2 aromatic rings. The van der Waals surface area contributed by atoms with Gasteiger partial charge in [-0.25, -0.2) is 0 Å². The van der Waals surface area contributed by atoms with E-state index >= 15 is 0 Å². The average molecular weight is 286 g/mol. The molecule has 3 rings (SSSR count). The molecule has 0 spiro atoms. The van der Waals surface area contributed by atoms with E-state index in [4.69, 9.17) is 9.47 Å². The second-order valence-corrected chi connectivity index (χ2v) is 5.27. The quantitative estimate of drug-likeness (QED) is 0.887. The van der Waals surface area contributed by atoms with Crippen LogP contribution in [-0.2, 0) is 19.6 Å². The summed E-state index contributed by atoms with van der Waals surface area (Å²) in [5.41, 5.74) is 2.54. The molecule has 1 aliphatic heterocycles. The van der Waals surface area contributed by atoms with E-state index in [1.54, 1.807) is 0 Å². The maximum atomic E-state index is 5.61. The molecular weight excluding hydrogens is 264 g/mol. The Balaban J connectivity index is 1.56. The van der Waals surface area contributed by atoms with Crippen LogP contribution in [0.2, 0.25) is 0 Å². The largest absolute Gasteiger partial charge is 0.486 e. The fraction of sp³-hybridized carbons (Fsp3) is 0.412. The van der Waals surface area contributed by atoms with Gasteiger partial charge in [0.25, 0.3) is 0 Å². The van der Waals surface area contributed by atoms with Crippen molar-refractivity contribution in [3.8, 4) is 11.5 Å². The van der Waals surface area contributed by atoms with E-state index in [0.29, 0.717) is 13.2 Å². The molecule has 2 heterocycles. The first-order valence-electron chi connectivity index (χ1n) is 7.60. The van der Waals surface area contributed by atoms with E-state index in [-0.39, 0.29) is 0 Å². The van der Waals surface area contributed by atoms with E-state index in [1.807, 2.05) is 6.07 Å². The molecule has 0 fully saturated rings. The standard InChI is InChI=1S/C17H22N2O2/c1-2-7-19-8-3-4-15(19)13-18-12-14-5-6-16-17(11-14)21-10-9-20-16/h3-6,8,11,18H,2,7,9-10,12-13H2,1H3. The van der Waals surface area contributed by atoms with Gasteiger partial charge in [-0.15, -0.1) is 0 Å². The number of aromatic nitrogens is 1. The highest BCUT2D eigenvalue weighted by Crippen LogP contribution is 2.30. The van der Waals surface area contributed by atoms with Crippen molar-refractivity contribution < 1.29 is 9.47 Å². The summed E-state index contributed by atoms with van der Waals surface area (Å²) in [5.74, 6) is 1.71. The summed E-state index contributed by atoms with van der Waals surface area (Å²) in [6.45, 7) is 6.25. The van der Waals surface area contributed by atoms with Crippen LogP contribution in [0.1, 0.15) is 24.6 Å². The molecule has 4 nitrogen and oxygen atoms in total. The Labute approximate surface area is 125 Å². The first-order chi connectivity index (χ1) is 10.4. The zero-order valence-electron chi connectivity index (χ0n) is 12.5. The molecule has 0 bridgehead atoms. The Bertz CT molecular complexity index is 592. The second-order valence-electron chi connectivity index (χ2n) is 5.27. The maximum Gasteiger partial charge on any atom is 0.161 e. The third-order valence-electron chi connectivity index (χ3n) is 3.63. The highest BCUT2D eigenvalue weighted by molar-refractivity contribution is 5.43. The van der Waals surface area contributed by atoms with E-state index in [1.165, 1.54) is 11.3 Å². The highest BCUT2D eigenvalue weighted by atomic mass is 16.6. The minimum absolute atomic E-state index is 0.633. The predicted molar refractivity (Wildman–Crippen MR) is 82.7 cm³/mol. The smallest absolute Gasteiger partial charge is 0.161 e. The van der Waals surface area contributed by atoms with Crippen LogP contribution in [0.5, 0.6) is 11.5 Å². The Morgan fingerprint density at radius 1 is 1.10 bits per heavy atom. The lowest BCUT2D eigenvalue weighted by Crippen LogP contribution is -2.17. The zero-order chi connectivity index (χ0) is 14.5. The lowest BCUT2D eigenvalue weighted by molar-refractivity contribution is 0.171. The molecule has 1 aliphatic rings. The number of rotatable bonds is 6. The van der Waals surface area contributed by atoms with Crippen molar-refractivity contribution in [2.75, 3.05) is 13.2 Å². The van der Waals surface area contributed by atoms with Crippen LogP contribution in [0, 0.1) is 0 Å². The number of hydrogen-bond acceptors (Lipinski definition) is 3. The van der Waals surface area contributed by atoms with Gasteiger partial charge in [-0.3, -0.25) is 0 Å². The molecule has 0 atom stereocenters. The third kappa shape index (κ3) is 3.39. The van der Waals surface area contributed by atoms with Crippen molar-refractivity contribution in [2.24, 2.45) is 0 Å². The summed E-state index contributed by atoms with van der Waals surface area (Å²) in [6.07, 6.45) is 3.30. The Morgan fingerprint density at radius 2 is 1.95 bits per heavy atom. The molecule has 0 saturated heterocycles. The van der Waals surface area contributed by atoms with Crippen LogP contribution in [0.3, 0.4) is 0 Å². The van der Waals surface area contributed by atoms with E-state index in [2.05, 4.69) is 47.3 Å². The number of fused-ring (bicyclic) bond motifs is 1. The van der Waals surface area contributed by atoms with Crippen molar-refractivity contribution in [3.05, 3.63) is 47.8 Å². The van der Waals surface area contributed by atoms with Crippen LogP contribution in [0.4, 0.5) is 0 Å². The zero-order valence-corrected chi connectivity index (χ0v) is 12.5. The van der Waals surface area contributed by atoms with Crippen molar-refractivity contribution in [2.45, 2.75) is 33.0 Å². The van der Waals surface area contributed by atoms with Gasteiger partial charge in [-0.2, -0.15) is 0 Å². The molecule has 0 saturated carbocycles. The molecule has 0 radical (unpaired) electrons. The summed E-state index contributed by atoms with van der Waals surface area (Å²) < 4.78 is 13.4. The molecule has 21 heavy (non-hydrogen) atoms. The van der Waals surface area contributed by atoms with Crippen LogP contribution >= 0.6 is 0 Å². The fourth-order valence-corrected chi connectivity index (χ4v) is 2.60. The van der Waals surface area contributed by atoms with Crippen LogP contribution in [-0.4, -0.2) is 17.8 Å². The lowest BCUT2D eigenvalue weighted by atomic mass is 10.2. The van der Waals surface area contributed by atoms with Crippen molar-refractivity contribution in [3.63, 3.8) is 0 Å². The van der Waals surface area contributed by atoms with Gasteiger partial charge in [0.05, 0.1) is 0 Å². The number of ether oxygens (including phenoxy) is 2. The third-order valence-corrected chi connectivity index (χ3v) is 3.63. The van der Waals surface area contributed by atoms with Crippen LogP contribution in [0.15, 0.2) is 36.5 Å². The van der Waals surface area contributed by atoms with Gasteiger partial charge >= 0.3 is 0 Å². The van der Waals surface area contributed by atoms with E-state index < -0.39 is 0 Å². The average Bonchev–Trinajstić information content (AvgIpc) is 2.95. The minimum atomic E-state index is 0.633. The van der Waals surface area contributed by atoms with Gasteiger partial charge in [0.15, 0.2) is 11.5 Å². The molecule has 1 aromatic heterocycles. The van der Waals surface area contributed by atoms with Crippen LogP contribution in [0.25, 0.3) is 0 Å². The highest BCUT2D eigenvalue weighted by Gasteiger charge is 2.11. The van der Waals surface area contributed by atoms with Crippen molar-refractivity contribution in [1.29, 1.82) is 0 Å². The molecular formula is C17H22N2O2. The number of aryl methyl sites for hydroxylation is 1. The Kier molecular flexibility index (Phi) is 4.46. The summed E-state index contributed by atoms with van der Waals surface area (Å²) in [7, 11) is 0. The number of hydrogen-bond donors (Lipinski definition) is 1. The monoisotopic (exact) mass is 286 g/mol. The molecule has 0 aliphatic carbocycles. The summed E-state index contributed by atoms with van der Waals surface area (Å²) in [6, 6.07) is 10.4. The predicted octanol–water partition coefficient (Wildman–Crippen LogP) is 2.96. The summed E-state index contributed by atoms with van der Waals surface area (Å²) in [5, 5.41) is 3.49. The van der Waals surface area contributed by atoms with Crippen LogP contribution < -0.4 is 14.8 Å². The van der Waals surface area contributed by atoms with Gasteiger partial charge in [0.1, 0.15) is 13.2 Å². The van der Waals surface area contributed by atoms with Crippen molar-refractivity contribution in [1.82, 2.24) is 9.88 Å². The topological polar surface area (TPSA) is 35.4 Å². The van der Waals surface area contributed by atoms with Gasteiger partial charge in [0, 0.05) is 31.5 Å². The Hall–Kier alpha value is -1.94. The lowest BCUT2D eigenvalue weighted by Gasteiger charge is -2.19. The summed E-state index contributed by atoms with van der Waals surface area (Å²) in [4.78, 5) is 0. The molecule has 1 aromatic carbocycles. The number of nitrogens with one attached hydrogen (secondary N) is 1. The maximum absolute atomic E-state index is 5.61. The number of benzene rings is 1. The van der Waals surface area contributed by atoms with Gasteiger partial charge in [-0.05, 0) is 36.2 Å². The summed E-state index contributed by atoms with van der Waals surface area (Å²) >= 11 is 0. The van der Waals surface area contributed by atoms with E-state index in [9.17, 15) is 0 Å². The van der Waals surface area contributed by atoms with Crippen molar-refractivity contribution >= 4 is 0 Å². The minimum Gasteiger partial charge on any atom is -0.486 e. The normalized spacial score (nSPS) is 13.4. The SMILES string of the molecule is CCCn1cccc1CNCc1ccc2c(c1)OCCO2. The number of nitrogens with zero attached hydrogens (tertiary/aromatic N) is 1. The first-order valence-corrected chi connectivity index (χ1v) is 7.60. The second kappa shape index (κ2) is 6.68. The van der Waals surface area contributed by atoms with E-state index in [0.717, 1.165) is 37.6 Å². The fourth-order valence-electron chi connectivity index (χ4n) is 2.60. The first kappa shape index (κ1) is 14.0. The molecule has 0 unspecified atom stereocenters. The van der Waals surface area contributed by atoms with Gasteiger partial charge in [0.2, 0.25) is 0 Å². The molecule has 112 valence electrons. The molecule has 4 heteroatoms. The van der Waals surface area contributed by atoms with Gasteiger partial charge < -0.3 is 19.4 Å². The Morgan fingerprint density at radius 3 is 2.81 bits per heavy atom. The molecule has 1 N–H and O–H groups in total. The molecule has 0 amide bonds.